The lowest BCUT2D eigenvalue weighted by Gasteiger charge is -2.06. The highest BCUT2D eigenvalue weighted by molar-refractivity contribution is 7.92. The Labute approximate surface area is 178 Å². The van der Waals surface area contributed by atoms with Crippen LogP contribution in [-0.4, -0.2) is 38.4 Å². The first-order chi connectivity index (χ1) is 13.7. The summed E-state index contributed by atoms with van der Waals surface area (Å²) in [6.45, 7) is 5.00. The smallest absolute Gasteiger partial charge is 0.263 e. The Morgan fingerprint density at radius 2 is 1.83 bits per heavy atom. The van der Waals surface area contributed by atoms with Gasteiger partial charge in [0.15, 0.2) is 14.6 Å². The molecule has 0 aliphatic carbocycles. The van der Waals surface area contributed by atoms with Gasteiger partial charge in [0, 0.05) is 18.7 Å². The maximum atomic E-state index is 12.5. The normalized spacial score (nSPS) is 12.6. The predicted molar refractivity (Wildman–Crippen MR) is 115 cm³/mol. The third-order valence-electron chi connectivity index (χ3n) is 4.52. The average molecular weight is 453 g/mol. The van der Waals surface area contributed by atoms with Crippen molar-refractivity contribution in [3.63, 3.8) is 0 Å². The maximum absolute atomic E-state index is 12.5. The van der Waals surface area contributed by atoms with Crippen molar-refractivity contribution in [3.05, 3.63) is 57.3 Å². The van der Waals surface area contributed by atoms with E-state index < -0.39 is 21.5 Å². The van der Waals surface area contributed by atoms with Crippen LogP contribution >= 0.6 is 22.9 Å². The second kappa shape index (κ2) is 8.79. The lowest BCUT2D eigenvalue weighted by molar-refractivity contribution is -0.115. The van der Waals surface area contributed by atoms with Gasteiger partial charge in [0.05, 0.1) is 21.7 Å². The summed E-state index contributed by atoms with van der Waals surface area (Å²) in [4.78, 5) is 17.1. The van der Waals surface area contributed by atoms with Crippen molar-refractivity contribution in [2.24, 2.45) is 4.99 Å². The van der Waals surface area contributed by atoms with Crippen LogP contribution in [0.25, 0.3) is 10.2 Å². The van der Waals surface area contributed by atoms with Crippen molar-refractivity contribution in [1.82, 2.24) is 4.57 Å². The van der Waals surface area contributed by atoms with Crippen molar-refractivity contribution in [2.75, 3.05) is 19.5 Å². The molecule has 0 saturated heterocycles. The molecule has 29 heavy (non-hydrogen) atoms. The summed E-state index contributed by atoms with van der Waals surface area (Å²) in [5.41, 5.74) is 3.22. The quantitative estimate of drug-likeness (QED) is 0.573. The molecule has 6 nitrogen and oxygen atoms in total. The lowest BCUT2D eigenvalue weighted by Crippen LogP contribution is -2.22. The minimum atomic E-state index is -3.80. The van der Waals surface area contributed by atoms with Gasteiger partial charge >= 0.3 is 0 Å². The molecule has 0 fully saturated rings. The summed E-state index contributed by atoms with van der Waals surface area (Å²) in [5.74, 6) is -1.42. The van der Waals surface area contributed by atoms with Gasteiger partial charge in [-0.2, -0.15) is 4.99 Å². The highest BCUT2D eigenvalue weighted by Crippen LogP contribution is 2.22. The van der Waals surface area contributed by atoms with Crippen LogP contribution in [0.2, 0.25) is 5.02 Å². The number of carbonyl (C=O) groups is 1. The van der Waals surface area contributed by atoms with Gasteiger partial charge in [-0.1, -0.05) is 22.9 Å². The van der Waals surface area contributed by atoms with E-state index >= 15 is 0 Å². The van der Waals surface area contributed by atoms with Gasteiger partial charge in [0.25, 0.3) is 5.91 Å². The third kappa shape index (κ3) is 4.95. The lowest BCUT2D eigenvalue weighted by atomic mass is 10.1. The minimum Gasteiger partial charge on any atom is -0.383 e. The summed E-state index contributed by atoms with van der Waals surface area (Å²) in [7, 11) is -2.20. The fourth-order valence-electron chi connectivity index (χ4n) is 2.83. The fraction of sp³-hybridized carbons (Fsp3) is 0.300. The number of amides is 1. The highest BCUT2D eigenvalue weighted by atomic mass is 35.5. The number of ether oxygens (including phenoxy) is 1. The third-order valence-corrected chi connectivity index (χ3v) is 7.43. The van der Waals surface area contributed by atoms with E-state index in [9.17, 15) is 13.2 Å². The van der Waals surface area contributed by atoms with E-state index in [4.69, 9.17) is 16.3 Å². The number of hydrogen-bond donors (Lipinski definition) is 0. The zero-order valence-electron chi connectivity index (χ0n) is 16.3. The van der Waals surface area contributed by atoms with Gasteiger partial charge in [-0.25, -0.2) is 8.42 Å². The number of rotatable bonds is 6. The van der Waals surface area contributed by atoms with Crippen LogP contribution in [0, 0.1) is 13.8 Å². The first-order valence-corrected chi connectivity index (χ1v) is 11.7. The van der Waals surface area contributed by atoms with Gasteiger partial charge in [0.1, 0.15) is 5.75 Å². The molecule has 0 aliphatic heterocycles. The molecule has 1 aromatic heterocycles. The molecular weight excluding hydrogens is 432 g/mol. The van der Waals surface area contributed by atoms with Gasteiger partial charge in [-0.3, -0.25) is 4.79 Å². The Kier molecular flexibility index (Phi) is 6.58. The van der Waals surface area contributed by atoms with E-state index in [1.54, 1.807) is 7.11 Å². The highest BCUT2D eigenvalue weighted by Gasteiger charge is 2.19. The maximum Gasteiger partial charge on any atom is 0.263 e. The van der Waals surface area contributed by atoms with Gasteiger partial charge in [-0.05, 0) is 61.4 Å². The first kappa shape index (κ1) is 21.7. The number of fused-ring (bicyclic) bond motifs is 1. The van der Waals surface area contributed by atoms with Crippen LogP contribution in [0.4, 0.5) is 0 Å². The molecule has 3 aromatic rings. The van der Waals surface area contributed by atoms with Crippen LogP contribution in [-0.2, 0) is 25.9 Å². The number of hydrogen-bond acceptors (Lipinski definition) is 5. The molecule has 2 aromatic carbocycles. The number of aromatic nitrogens is 1. The van der Waals surface area contributed by atoms with E-state index in [0.717, 1.165) is 21.3 Å². The predicted octanol–water partition coefficient (Wildman–Crippen LogP) is 3.52. The van der Waals surface area contributed by atoms with Crippen molar-refractivity contribution < 1.29 is 17.9 Å². The van der Waals surface area contributed by atoms with Crippen LogP contribution < -0.4 is 4.80 Å². The molecule has 0 aliphatic rings. The largest absolute Gasteiger partial charge is 0.383 e. The fourth-order valence-corrected chi connectivity index (χ4v) is 5.22. The van der Waals surface area contributed by atoms with E-state index in [0.29, 0.717) is 23.0 Å². The van der Waals surface area contributed by atoms with Crippen LogP contribution in [0.5, 0.6) is 0 Å². The number of sulfone groups is 1. The number of benzene rings is 2. The molecule has 154 valence electrons. The molecule has 0 atom stereocenters. The summed E-state index contributed by atoms with van der Waals surface area (Å²) in [6, 6.07) is 9.82. The number of aryl methyl sites for hydroxylation is 2. The first-order valence-electron chi connectivity index (χ1n) is 8.86. The van der Waals surface area contributed by atoms with E-state index in [2.05, 4.69) is 4.99 Å². The number of methoxy groups -OCH3 is 1. The number of halogens is 1. The number of nitrogens with zero attached hydrogens (tertiary/aromatic N) is 2. The van der Waals surface area contributed by atoms with E-state index in [1.807, 2.05) is 30.5 Å². The zero-order valence-corrected chi connectivity index (χ0v) is 18.7. The van der Waals surface area contributed by atoms with Gasteiger partial charge in [0.2, 0.25) is 0 Å². The molecular formula is C20H21ClN2O4S2. The SMILES string of the molecule is COCCn1c(=NC(=O)CS(=O)(=O)c2ccc(Cl)cc2)sc2cc(C)c(C)cc21. The number of thiazole rings is 1. The molecule has 1 heterocycles. The Balaban J connectivity index is 2.00. The molecule has 0 saturated carbocycles. The minimum absolute atomic E-state index is 0.0419. The summed E-state index contributed by atoms with van der Waals surface area (Å²) < 4.78 is 33.1. The Morgan fingerprint density at radius 3 is 2.48 bits per heavy atom. The Morgan fingerprint density at radius 1 is 1.17 bits per heavy atom. The monoisotopic (exact) mass is 452 g/mol. The second-order valence-corrected chi connectivity index (χ2v) is 10.1. The number of carbonyl (C=O) groups excluding carboxylic acids is 1. The molecule has 1 amide bonds. The summed E-state index contributed by atoms with van der Waals surface area (Å²) >= 11 is 7.16. The molecule has 0 spiro atoms. The van der Waals surface area contributed by atoms with E-state index in [1.165, 1.54) is 35.6 Å². The van der Waals surface area contributed by atoms with E-state index in [-0.39, 0.29) is 4.90 Å². The molecule has 9 heteroatoms. The van der Waals surface area contributed by atoms with Gasteiger partial charge < -0.3 is 9.30 Å². The second-order valence-electron chi connectivity index (χ2n) is 6.65. The average Bonchev–Trinajstić information content (AvgIpc) is 2.96. The summed E-state index contributed by atoms with van der Waals surface area (Å²) in [5, 5.41) is 0.426. The molecule has 0 bridgehead atoms. The van der Waals surface area contributed by atoms with Crippen molar-refractivity contribution >= 4 is 48.9 Å². The van der Waals surface area contributed by atoms with Crippen LogP contribution in [0.15, 0.2) is 46.3 Å². The molecule has 0 radical (unpaired) electrons. The molecule has 3 rings (SSSR count). The summed E-state index contributed by atoms with van der Waals surface area (Å²) in [6.07, 6.45) is 0. The molecule has 0 N–H and O–H groups in total. The standard InChI is InChI=1S/C20H21ClN2O4S2/c1-13-10-17-18(11-14(13)2)28-20(23(17)8-9-27-3)22-19(24)12-29(25,26)16-6-4-15(21)5-7-16/h4-7,10-11H,8-9,12H2,1-3H3. The Hall–Kier alpha value is -2.00. The van der Waals surface area contributed by atoms with Gasteiger partial charge in [-0.15, -0.1) is 0 Å². The van der Waals surface area contributed by atoms with Crippen molar-refractivity contribution in [2.45, 2.75) is 25.3 Å². The van der Waals surface area contributed by atoms with Crippen molar-refractivity contribution in [3.8, 4) is 0 Å². The van der Waals surface area contributed by atoms with Crippen molar-refractivity contribution in [1.29, 1.82) is 0 Å². The molecule has 0 unspecified atom stereocenters. The zero-order chi connectivity index (χ0) is 21.2. The topological polar surface area (TPSA) is 77.7 Å². The van der Waals surface area contributed by atoms with Crippen LogP contribution in [0.3, 0.4) is 0 Å². The Bertz CT molecular complexity index is 1230. The van der Waals surface area contributed by atoms with Crippen LogP contribution in [0.1, 0.15) is 11.1 Å².